The van der Waals surface area contributed by atoms with E-state index in [1.165, 1.54) is 25.7 Å². The van der Waals surface area contributed by atoms with Gasteiger partial charge in [-0.1, -0.05) is 39.5 Å². The Morgan fingerprint density at radius 3 is 1.95 bits per heavy atom. The minimum Gasteiger partial charge on any atom is -0.343 e. The molecule has 0 fully saturated rings. The molecule has 1 atom stereocenters. The topological polar surface area (TPSA) is 46.3 Å². The molecule has 0 spiro atoms. The van der Waals surface area contributed by atoms with Crippen molar-refractivity contribution in [2.75, 3.05) is 13.1 Å². The third-order valence-corrected chi connectivity index (χ3v) is 3.47. The average molecular weight is 270 g/mol. The molecule has 0 bridgehead atoms. The zero-order valence-corrected chi connectivity index (χ0v) is 13.3. The molecule has 0 aromatic carbocycles. The Hall–Kier alpha value is -0.570. The third-order valence-electron chi connectivity index (χ3n) is 3.47. The smallest absolute Gasteiger partial charge is 0.222 e. The lowest BCUT2D eigenvalue weighted by molar-refractivity contribution is -0.131. The number of unbranched alkanes of at least 4 members (excludes halogenated alkanes) is 4. The summed E-state index contributed by atoms with van der Waals surface area (Å²) in [5, 5.41) is 0. The molecule has 0 aromatic heterocycles. The van der Waals surface area contributed by atoms with E-state index < -0.39 is 0 Å². The van der Waals surface area contributed by atoms with Gasteiger partial charge in [0, 0.05) is 25.6 Å². The van der Waals surface area contributed by atoms with Gasteiger partial charge in [-0.15, -0.1) is 0 Å². The molecular formula is C16H34N2O. The van der Waals surface area contributed by atoms with Gasteiger partial charge in [0.15, 0.2) is 0 Å². The van der Waals surface area contributed by atoms with Gasteiger partial charge < -0.3 is 10.6 Å². The number of hydrogen-bond donors (Lipinski definition) is 1. The van der Waals surface area contributed by atoms with Gasteiger partial charge in [0.25, 0.3) is 0 Å². The quantitative estimate of drug-likeness (QED) is 0.549. The first kappa shape index (κ1) is 18.4. The van der Waals surface area contributed by atoms with Gasteiger partial charge in [0.2, 0.25) is 5.91 Å². The van der Waals surface area contributed by atoms with Crippen LogP contribution in [0.15, 0.2) is 0 Å². The molecule has 114 valence electrons. The van der Waals surface area contributed by atoms with Crippen molar-refractivity contribution < 1.29 is 4.79 Å². The molecule has 1 amide bonds. The molecule has 0 aliphatic rings. The molecule has 0 saturated heterocycles. The summed E-state index contributed by atoms with van der Waals surface area (Å²) >= 11 is 0. The monoisotopic (exact) mass is 270 g/mol. The second-order valence-corrected chi connectivity index (χ2v) is 5.66. The zero-order chi connectivity index (χ0) is 14.5. The van der Waals surface area contributed by atoms with E-state index in [-0.39, 0.29) is 6.04 Å². The number of carbonyl (C=O) groups excluding carboxylic acids is 1. The predicted molar refractivity (Wildman–Crippen MR) is 83.1 cm³/mol. The lowest BCUT2D eigenvalue weighted by Crippen LogP contribution is -2.33. The third kappa shape index (κ3) is 11.0. The summed E-state index contributed by atoms with van der Waals surface area (Å²) in [6, 6.07) is 0.210. The van der Waals surface area contributed by atoms with Crippen LogP contribution in [0.1, 0.15) is 78.6 Å². The first-order chi connectivity index (χ1) is 9.11. The zero-order valence-electron chi connectivity index (χ0n) is 13.3. The average Bonchev–Trinajstić information content (AvgIpc) is 2.36. The van der Waals surface area contributed by atoms with Crippen molar-refractivity contribution in [3.05, 3.63) is 0 Å². The summed E-state index contributed by atoms with van der Waals surface area (Å²) in [6.07, 6.45) is 9.68. The van der Waals surface area contributed by atoms with Gasteiger partial charge in [-0.05, 0) is 32.6 Å². The molecule has 0 radical (unpaired) electrons. The van der Waals surface area contributed by atoms with E-state index in [2.05, 4.69) is 18.7 Å². The molecule has 3 nitrogen and oxygen atoms in total. The minimum absolute atomic E-state index is 0.210. The Kier molecular flexibility index (Phi) is 12.1. The molecule has 1 unspecified atom stereocenters. The molecule has 0 aliphatic carbocycles. The molecule has 3 heteroatoms. The summed E-state index contributed by atoms with van der Waals surface area (Å²) < 4.78 is 0. The van der Waals surface area contributed by atoms with Gasteiger partial charge in [-0.25, -0.2) is 0 Å². The van der Waals surface area contributed by atoms with Crippen LogP contribution in [0.5, 0.6) is 0 Å². The van der Waals surface area contributed by atoms with Crippen LogP contribution in [0.25, 0.3) is 0 Å². The summed E-state index contributed by atoms with van der Waals surface area (Å²) in [4.78, 5) is 14.3. The fourth-order valence-corrected chi connectivity index (χ4v) is 2.20. The first-order valence-corrected chi connectivity index (χ1v) is 8.15. The first-order valence-electron chi connectivity index (χ1n) is 8.15. The van der Waals surface area contributed by atoms with Gasteiger partial charge in [0.1, 0.15) is 0 Å². The largest absolute Gasteiger partial charge is 0.343 e. The van der Waals surface area contributed by atoms with Crippen LogP contribution >= 0.6 is 0 Å². The van der Waals surface area contributed by atoms with Crippen molar-refractivity contribution >= 4 is 5.91 Å². The van der Waals surface area contributed by atoms with Crippen LogP contribution in [-0.4, -0.2) is 29.9 Å². The SMILES string of the molecule is CCCCCN(CCCCC)C(=O)CCCC(C)N. The van der Waals surface area contributed by atoms with Crippen LogP contribution in [-0.2, 0) is 4.79 Å². The number of rotatable bonds is 12. The highest BCUT2D eigenvalue weighted by Crippen LogP contribution is 2.07. The number of nitrogens with zero attached hydrogens (tertiary/aromatic N) is 1. The van der Waals surface area contributed by atoms with Gasteiger partial charge >= 0.3 is 0 Å². The molecular weight excluding hydrogens is 236 g/mol. The Morgan fingerprint density at radius 1 is 1.00 bits per heavy atom. The number of nitrogens with two attached hydrogens (primary N) is 1. The molecule has 0 heterocycles. The molecule has 0 aromatic rings. The fourth-order valence-electron chi connectivity index (χ4n) is 2.20. The van der Waals surface area contributed by atoms with Crippen molar-refractivity contribution in [2.45, 2.75) is 84.6 Å². The standard InChI is InChI=1S/C16H34N2O/c1-4-6-8-13-18(14-9-7-5-2)16(19)12-10-11-15(3)17/h15H,4-14,17H2,1-3H3. The normalized spacial score (nSPS) is 12.4. The van der Waals surface area contributed by atoms with Crippen molar-refractivity contribution in [1.29, 1.82) is 0 Å². The van der Waals surface area contributed by atoms with E-state index in [4.69, 9.17) is 5.73 Å². The van der Waals surface area contributed by atoms with Gasteiger partial charge in [-0.3, -0.25) is 4.79 Å². The molecule has 0 rings (SSSR count). The van der Waals surface area contributed by atoms with Crippen LogP contribution in [0.4, 0.5) is 0 Å². The highest BCUT2D eigenvalue weighted by atomic mass is 16.2. The molecule has 0 saturated carbocycles. The van der Waals surface area contributed by atoms with Crippen LogP contribution in [0.3, 0.4) is 0 Å². The number of carbonyl (C=O) groups is 1. The van der Waals surface area contributed by atoms with Crippen molar-refractivity contribution in [3.8, 4) is 0 Å². The molecule has 19 heavy (non-hydrogen) atoms. The minimum atomic E-state index is 0.210. The predicted octanol–water partition coefficient (Wildman–Crippen LogP) is 3.71. The van der Waals surface area contributed by atoms with Gasteiger partial charge in [0.05, 0.1) is 0 Å². The van der Waals surface area contributed by atoms with Crippen LogP contribution in [0.2, 0.25) is 0 Å². The Labute approximate surface area is 119 Å². The maximum absolute atomic E-state index is 12.2. The lowest BCUT2D eigenvalue weighted by atomic mass is 10.1. The van der Waals surface area contributed by atoms with Crippen LogP contribution in [0, 0.1) is 0 Å². The van der Waals surface area contributed by atoms with Crippen molar-refractivity contribution in [1.82, 2.24) is 4.90 Å². The second kappa shape index (κ2) is 12.5. The highest BCUT2D eigenvalue weighted by molar-refractivity contribution is 5.76. The molecule has 0 aliphatic heterocycles. The van der Waals surface area contributed by atoms with Gasteiger partial charge in [-0.2, -0.15) is 0 Å². The second-order valence-electron chi connectivity index (χ2n) is 5.66. The molecule has 2 N–H and O–H groups in total. The van der Waals surface area contributed by atoms with E-state index >= 15 is 0 Å². The maximum Gasteiger partial charge on any atom is 0.222 e. The number of amides is 1. The van der Waals surface area contributed by atoms with E-state index in [1.807, 2.05) is 6.92 Å². The Bertz CT molecular complexity index is 207. The van der Waals surface area contributed by atoms with Crippen LogP contribution < -0.4 is 5.73 Å². The van der Waals surface area contributed by atoms with E-state index in [0.717, 1.165) is 38.8 Å². The maximum atomic E-state index is 12.2. The number of hydrogen-bond acceptors (Lipinski definition) is 2. The Morgan fingerprint density at radius 2 is 1.53 bits per heavy atom. The lowest BCUT2D eigenvalue weighted by Gasteiger charge is -2.23. The Balaban J connectivity index is 4.01. The highest BCUT2D eigenvalue weighted by Gasteiger charge is 2.12. The summed E-state index contributed by atoms with van der Waals surface area (Å²) in [6.45, 7) is 8.28. The van der Waals surface area contributed by atoms with E-state index in [9.17, 15) is 4.79 Å². The summed E-state index contributed by atoms with van der Waals surface area (Å²) in [5.74, 6) is 0.327. The van der Waals surface area contributed by atoms with E-state index in [0.29, 0.717) is 12.3 Å². The summed E-state index contributed by atoms with van der Waals surface area (Å²) in [7, 11) is 0. The van der Waals surface area contributed by atoms with Crippen molar-refractivity contribution in [3.63, 3.8) is 0 Å². The van der Waals surface area contributed by atoms with Crippen molar-refractivity contribution in [2.24, 2.45) is 5.73 Å². The van der Waals surface area contributed by atoms with E-state index in [1.54, 1.807) is 0 Å². The fraction of sp³-hybridized carbons (Fsp3) is 0.938. The summed E-state index contributed by atoms with van der Waals surface area (Å²) in [5.41, 5.74) is 5.73.